The molecule has 2 heteroatoms. The van der Waals surface area contributed by atoms with Gasteiger partial charge < -0.3 is 4.98 Å². The molecule has 1 N–H and O–H groups in total. The first-order chi connectivity index (χ1) is 9.75. The van der Waals surface area contributed by atoms with Gasteiger partial charge in [0, 0.05) is 16.2 Å². The SMILES string of the molecule is Cc1cccc2c(=O)c3ccc4ccccc4c3[nH]c12. The standard InChI is InChI=1S/C18H13NO/c1-11-5-4-8-14-16(11)19-17-13-7-3-2-6-12(13)9-10-15(17)18(14)20/h2-10H,1H3,(H,19,20). The van der Waals surface area contributed by atoms with E-state index < -0.39 is 0 Å². The van der Waals surface area contributed by atoms with E-state index in [0.717, 1.165) is 38.1 Å². The Morgan fingerprint density at radius 2 is 1.50 bits per heavy atom. The second-order valence-electron chi connectivity index (χ2n) is 5.16. The number of hydrogen-bond acceptors (Lipinski definition) is 1. The van der Waals surface area contributed by atoms with E-state index in [-0.39, 0.29) is 5.43 Å². The molecule has 0 aliphatic heterocycles. The van der Waals surface area contributed by atoms with Gasteiger partial charge in [0.1, 0.15) is 0 Å². The summed E-state index contributed by atoms with van der Waals surface area (Å²) in [6.45, 7) is 2.02. The molecule has 0 aliphatic carbocycles. The molecule has 0 bridgehead atoms. The van der Waals surface area contributed by atoms with Crippen LogP contribution in [0.25, 0.3) is 32.6 Å². The van der Waals surface area contributed by atoms with E-state index in [9.17, 15) is 4.79 Å². The number of aromatic amines is 1. The molecule has 3 aromatic carbocycles. The second-order valence-corrected chi connectivity index (χ2v) is 5.16. The van der Waals surface area contributed by atoms with Crippen LogP contribution in [0.15, 0.2) is 59.4 Å². The molecule has 4 rings (SSSR count). The Kier molecular flexibility index (Phi) is 2.21. The fourth-order valence-electron chi connectivity index (χ4n) is 2.89. The number of aromatic nitrogens is 1. The Labute approximate surface area is 115 Å². The highest BCUT2D eigenvalue weighted by Gasteiger charge is 2.08. The Hall–Kier alpha value is -2.61. The predicted octanol–water partition coefficient (Wildman–Crippen LogP) is 4.14. The average Bonchev–Trinajstić information content (AvgIpc) is 2.48. The summed E-state index contributed by atoms with van der Waals surface area (Å²) in [6, 6.07) is 17.9. The number of benzene rings is 3. The molecule has 0 unspecified atom stereocenters. The van der Waals surface area contributed by atoms with Crippen molar-refractivity contribution in [1.82, 2.24) is 4.98 Å². The van der Waals surface area contributed by atoms with Gasteiger partial charge in [-0.1, -0.05) is 42.5 Å². The molecule has 0 amide bonds. The zero-order valence-corrected chi connectivity index (χ0v) is 11.1. The van der Waals surface area contributed by atoms with Gasteiger partial charge in [-0.05, 0) is 30.0 Å². The Morgan fingerprint density at radius 1 is 0.750 bits per heavy atom. The number of fused-ring (bicyclic) bond motifs is 4. The molecule has 0 radical (unpaired) electrons. The summed E-state index contributed by atoms with van der Waals surface area (Å²) in [5.41, 5.74) is 3.05. The number of aryl methyl sites for hydroxylation is 1. The van der Waals surface area contributed by atoms with Crippen LogP contribution in [0.4, 0.5) is 0 Å². The normalized spacial score (nSPS) is 11.4. The van der Waals surface area contributed by atoms with Crippen molar-refractivity contribution in [2.24, 2.45) is 0 Å². The maximum absolute atomic E-state index is 12.7. The average molecular weight is 259 g/mol. The zero-order valence-electron chi connectivity index (χ0n) is 11.1. The van der Waals surface area contributed by atoms with Crippen LogP contribution in [-0.2, 0) is 0 Å². The predicted molar refractivity (Wildman–Crippen MR) is 84.3 cm³/mol. The van der Waals surface area contributed by atoms with E-state index >= 15 is 0 Å². The zero-order chi connectivity index (χ0) is 13.7. The van der Waals surface area contributed by atoms with Crippen molar-refractivity contribution >= 4 is 32.6 Å². The van der Waals surface area contributed by atoms with Crippen molar-refractivity contribution < 1.29 is 0 Å². The number of pyridine rings is 1. The molecule has 2 nitrogen and oxygen atoms in total. The van der Waals surface area contributed by atoms with Crippen LogP contribution >= 0.6 is 0 Å². The van der Waals surface area contributed by atoms with Gasteiger partial charge in [-0.15, -0.1) is 0 Å². The summed E-state index contributed by atoms with van der Waals surface area (Å²) in [7, 11) is 0. The van der Waals surface area contributed by atoms with Crippen molar-refractivity contribution in [3.63, 3.8) is 0 Å². The molecule has 0 fully saturated rings. The molecular weight excluding hydrogens is 246 g/mol. The van der Waals surface area contributed by atoms with Crippen LogP contribution in [0, 0.1) is 6.92 Å². The number of rotatable bonds is 0. The fraction of sp³-hybridized carbons (Fsp3) is 0.0556. The number of hydrogen-bond donors (Lipinski definition) is 1. The minimum absolute atomic E-state index is 0.100. The van der Waals surface area contributed by atoms with Gasteiger partial charge in [-0.3, -0.25) is 4.79 Å². The molecule has 96 valence electrons. The van der Waals surface area contributed by atoms with Crippen LogP contribution in [0.1, 0.15) is 5.56 Å². The van der Waals surface area contributed by atoms with Gasteiger partial charge in [0.05, 0.1) is 11.0 Å². The first-order valence-corrected chi connectivity index (χ1v) is 6.69. The van der Waals surface area contributed by atoms with E-state index in [0.29, 0.717) is 0 Å². The van der Waals surface area contributed by atoms with Crippen LogP contribution in [-0.4, -0.2) is 4.98 Å². The van der Waals surface area contributed by atoms with Gasteiger partial charge in [-0.25, -0.2) is 0 Å². The Balaban J connectivity index is 2.36. The quantitative estimate of drug-likeness (QED) is 0.373. The fourth-order valence-corrected chi connectivity index (χ4v) is 2.89. The highest BCUT2D eigenvalue weighted by Crippen LogP contribution is 2.24. The molecule has 0 saturated heterocycles. The molecule has 0 spiro atoms. The topological polar surface area (TPSA) is 32.9 Å². The first-order valence-electron chi connectivity index (χ1n) is 6.69. The molecule has 0 aliphatic rings. The number of nitrogens with one attached hydrogen (secondary N) is 1. The highest BCUT2D eigenvalue weighted by molar-refractivity contribution is 6.08. The van der Waals surface area contributed by atoms with E-state index in [4.69, 9.17) is 0 Å². The minimum atomic E-state index is 0.100. The summed E-state index contributed by atoms with van der Waals surface area (Å²) in [5, 5.41) is 3.74. The largest absolute Gasteiger partial charge is 0.354 e. The maximum Gasteiger partial charge on any atom is 0.197 e. The van der Waals surface area contributed by atoms with Crippen molar-refractivity contribution in [2.45, 2.75) is 6.92 Å². The third-order valence-electron chi connectivity index (χ3n) is 3.94. The molecule has 0 atom stereocenters. The van der Waals surface area contributed by atoms with E-state index in [2.05, 4.69) is 17.1 Å². The van der Waals surface area contributed by atoms with Gasteiger partial charge in [0.2, 0.25) is 0 Å². The lowest BCUT2D eigenvalue weighted by atomic mass is 10.0. The van der Waals surface area contributed by atoms with E-state index in [1.165, 1.54) is 0 Å². The van der Waals surface area contributed by atoms with Crippen LogP contribution in [0.3, 0.4) is 0 Å². The summed E-state index contributed by atoms with van der Waals surface area (Å²) < 4.78 is 0. The smallest absolute Gasteiger partial charge is 0.197 e. The summed E-state index contributed by atoms with van der Waals surface area (Å²) >= 11 is 0. The summed E-state index contributed by atoms with van der Waals surface area (Å²) in [6.07, 6.45) is 0. The van der Waals surface area contributed by atoms with Crippen molar-refractivity contribution in [2.75, 3.05) is 0 Å². The third kappa shape index (κ3) is 1.42. The van der Waals surface area contributed by atoms with Crippen LogP contribution in [0.5, 0.6) is 0 Å². The lowest BCUT2D eigenvalue weighted by Crippen LogP contribution is -2.05. The van der Waals surface area contributed by atoms with Crippen molar-refractivity contribution in [1.29, 1.82) is 0 Å². The van der Waals surface area contributed by atoms with Crippen molar-refractivity contribution in [3.05, 3.63) is 70.4 Å². The lowest BCUT2D eigenvalue weighted by molar-refractivity contribution is 1.42. The Bertz CT molecular complexity index is 1030. The third-order valence-corrected chi connectivity index (χ3v) is 3.94. The maximum atomic E-state index is 12.7. The van der Waals surface area contributed by atoms with E-state index in [1.807, 2.05) is 49.4 Å². The monoisotopic (exact) mass is 259 g/mol. The lowest BCUT2D eigenvalue weighted by Gasteiger charge is -2.07. The van der Waals surface area contributed by atoms with Gasteiger partial charge in [-0.2, -0.15) is 0 Å². The minimum Gasteiger partial charge on any atom is -0.354 e. The van der Waals surface area contributed by atoms with Gasteiger partial charge in [0.15, 0.2) is 5.43 Å². The molecule has 1 aromatic heterocycles. The number of para-hydroxylation sites is 1. The molecule has 4 aromatic rings. The van der Waals surface area contributed by atoms with Crippen molar-refractivity contribution in [3.8, 4) is 0 Å². The highest BCUT2D eigenvalue weighted by atomic mass is 16.1. The first kappa shape index (κ1) is 11.2. The van der Waals surface area contributed by atoms with Crippen LogP contribution < -0.4 is 5.43 Å². The molecular formula is C18H13NO. The molecule has 0 saturated carbocycles. The molecule has 1 heterocycles. The summed E-state index contributed by atoms with van der Waals surface area (Å²) in [5.74, 6) is 0. The van der Waals surface area contributed by atoms with Gasteiger partial charge in [0.25, 0.3) is 0 Å². The van der Waals surface area contributed by atoms with E-state index in [1.54, 1.807) is 0 Å². The molecule has 20 heavy (non-hydrogen) atoms. The Morgan fingerprint density at radius 3 is 2.40 bits per heavy atom. The van der Waals surface area contributed by atoms with Gasteiger partial charge >= 0.3 is 0 Å². The number of H-pyrrole nitrogens is 1. The summed E-state index contributed by atoms with van der Waals surface area (Å²) in [4.78, 5) is 16.1. The van der Waals surface area contributed by atoms with Crippen LogP contribution in [0.2, 0.25) is 0 Å². The second kappa shape index (κ2) is 3.94.